The minimum atomic E-state index is 0.634. The second-order valence-corrected chi connectivity index (χ2v) is 4.97. The maximum atomic E-state index is 6.09. The van der Waals surface area contributed by atoms with Gasteiger partial charge >= 0.3 is 0 Å². The van der Waals surface area contributed by atoms with Gasteiger partial charge in [-0.2, -0.15) is 0 Å². The Balaban J connectivity index is 2.22. The summed E-state index contributed by atoms with van der Waals surface area (Å²) in [6.45, 7) is 1.43. The lowest BCUT2D eigenvalue weighted by molar-refractivity contribution is 0.888. The smallest absolute Gasteiger partial charge is 0.0441 e. The summed E-state index contributed by atoms with van der Waals surface area (Å²) < 4.78 is 0. The van der Waals surface area contributed by atoms with Crippen LogP contribution in [0.15, 0.2) is 42.7 Å². The third-order valence-corrected chi connectivity index (χ3v) is 3.25. The second kappa shape index (κ2) is 6.55. The molecule has 2 aromatic rings. The van der Waals surface area contributed by atoms with Crippen LogP contribution in [0.1, 0.15) is 11.1 Å². The number of hydrogen-bond donors (Lipinski definition) is 1. The average Bonchev–Trinajstić information content (AvgIpc) is 2.42. The molecule has 4 heteroatoms. The molecule has 0 bridgehead atoms. The van der Waals surface area contributed by atoms with Gasteiger partial charge in [-0.15, -0.1) is 0 Å². The first-order chi connectivity index (χ1) is 9.20. The molecule has 0 aliphatic heterocycles. The van der Waals surface area contributed by atoms with Crippen LogP contribution in [-0.2, 0) is 13.0 Å². The van der Waals surface area contributed by atoms with Crippen LogP contribution in [0.25, 0.3) is 0 Å². The lowest BCUT2D eigenvalue weighted by atomic mass is 10.1. The first-order valence-electron chi connectivity index (χ1n) is 6.29. The van der Waals surface area contributed by atoms with Crippen LogP contribution in [0.3, 0.4) is 0 Å². The van der Waals surface area contributed by atoms with Gasteiger partial charge in [-0.05, 0) is 42.3 Å². The Labute approximate surface area is 119 Å². The van der Waals surface area contributed by atoms with Crippen molar-refractivity contribution in [3.63, 3.8) is 0 Å². The van der Waals surface area contributed by atoms with Crippen molar-refractivity contribution in [1.82, 2.24) is 4.98 Å². The van der Waals surface area contributed by atoms with Crippen molar-refractivity contribution in [2.45, 2.75) is 13.0 Å². The summed E-state index contributed by atoms with van der Waals surface area (Å²) in [6.07, 6.45) is 4.51. The molecule has 100 valence electrons. The van der Waals surface area contributed by atoms with E-state index in [2.05, 4.69) is 23.0 Å². The summed E-state index contributed by atoms with van der Waals surface area (Å²) in [4.78, 5) is 6.31. The second-order valence-electron chi connectivity index (χ2n) is 4.53. The van der Waals surface area contributed by atoms with Crippen LogP contribution in [0.4, 0.5) is 5.69 Å². The lowest BCUT2D eigenvalue weighted by Gasteiger charge is -2.22. The summed E-state index contributed by atoms with van der Waals surface area (Å²) in [5.41, 5.74) is 9.18. The number of aromatic nitrogens is 1. The number of rotatable bonds is 5. The molecular formula is C15H18ClN3. The normalized spacial score (nSPS) is 10.5. The fourth-order valence-electron chi connectivity index (χ4n) is 2.11. The fourth-order valence-corrected chi connectivity index (χ4v) is 2.28. The van der Waals surface area contributed by atoms with E-state index in [1.807, 2.05) is 30.5 Å². The Morgan fingerprint density at radius 3 is 2.84 bits per heavy atom. The molecule has 0 atom stereocenters. The van der Waals surface area contributed by atoms with E-state index in [0.29, 0.717) is 6.54 Å². The quantitative estimate of drug-likeness (QED) is 0.912. The van der Waals surface area contributed by atoms with Crippen molar-refractivity contribution in [2.75, 3.05) is 18.5 Å². The monoisotopic (exact) mass is 275 g/mol. The average molecular weight is 276 g/mol. The lowest BCUT2D eigenvalue weighted by Crippen LogP contribution is -2.19. The van der Waals surface area contributed by atoms with E-state index in [0.717, 1.165) is 23.7 Å². The highest BCUT2D eigenvalue weighted by Crippen LogP contribution is 2.25. The molecule has 19 heavy (non-hydrogen) atoms. The number of anilines is 1. The standard InChI is InChI=1S/C15H18ClN3/c1-19(11-12-3-2-8-18-10-12)15-9-14(16)5-4-13(15)6-7-17/h2-5,8-10H,6-7,11,17H2,1H3. The molecule has 3 nitrogen and oxygen atoms in total. The van der Waals surface area contributed by atoms with Crippen LogP contribution in [0.2, 0.25) is 5.02 Å². The first kappa shape index (κ1) is 13.8. The van der Waals surface area contributed by atoms with Gasteiger partial charge < -0.3 is 10.6 Å². The highest BCUT2D eigenvalue weighted by atomic mass is 35.5. The molecule has 0 saturated carbocycles. The minimum Gasteiger partial charge on any atom is -0.370 e. The maximum Gasteiger partial charge on any atom is 0.0441 e. The van der Waals surface area contributed by atoms with E-state index >= 15 is 0 Å². The number of nitrogens with two attached hydrogens (primary N) is 1. The molecule has 1 heterocycles. The number of benzene rings is 1. The van der Waals surface area contributed by atoms with Crippen LogP contribution in [0, 0.1) is 0 Å². The van der Waals surface area contributed by atoms with E-state index in [1.165, 1.54) is 11.1 Å². The van der Waals surface area contributed by atoms with Crippen LogP contribution in [0.5, 0.6) is 0 Å². The highest BCUT2D eigenvalue weighted by molar-refractivity contribution is 6.30. The summed E-state index contributed by atoms with van der Waals surface area (Å²) >= 11 is 6.09. The predicted octanol–water partition coefficient (Wildman–Crippen LogP) is 2.87. The number of halogens is 1. The minimum absolute atomic E-state index is 0.634. The van der Waals surface area contributed by atoms with Crippen molar-refractivity contribution < 1.29 is 0 Å². The zero-order chi connectivity index (χ0) is 13.7. The summed E-state index contributed by atoms with van der Waals surface area (Å²) in [5.74, 6) is 0. The molecule has 2 rings (SSSR count). The van der Waals surface area contributed by atoms with Crippen LogP contribution in [-0.4, -0.2) is 18.6 Å². The molecular weight excluding hydrogens is 258 g/mol. The van der Waals surface area contributed by atoms with E-state index in [1.54, 1.807) is 6.20 Å². The zero-order valence-corrected chi connectivity index (χ0v) is 11.8. The Morgan fingerprint density at radius 2 is 2.16 bits per heavy atom. The molecule has 0 amide bonds. The van der Waals surface area contributed by atoms with Crippen molar-refractivity contribution in [1.29, 1.82) is 0 Å². The Kier molecular flexibility index (Phi) is 4.77. The summed E-state index contributed by atoms with van der Waals surface area (Å²) in [6, 6.07) is 9.96. The highest BCUT2D eigenvalue weighted by Gasteiger charge is 2.08. The van der Waals surface area contributed by atoms with Gasteiger partial charge in [0, 0.05) is 36.7 Å². The molecule has 0 fully saturated rings. The molecule has 2 N–H and O–H groups in total. The van der Waals surface area contributed by atoms with E-state index in [-0.39, 0.29) is 0 Å². The van der Waals surface area contributed by atoms with Gasteiger partial charge in [0.1, 0.15) is 0 Å². The predicted molar refractivity (Wildman–Crippen MR) is 80.6 cm³/mol. The topological polar surface area (TPSA) is 42.2 Å². The molecule has 0 aliphatic rings. The van der Waals surface area contributed by atoms with Gasteiger partial charge in [0.05, 0.1) is 0 Å². The summed E-state index contributed by atoms with van der Waals surface area (Å²) in [7, 11) is 2.05. The van der Waals surface area contributed by atoms with Gasteiger partial charge in [0.15, 0.2) is 0 Å². The third kappa shape index (κ3) is 3.69. The Morgan fingerprint density at radius 1 is 1.32 bits per heavy atom. The van der Waals surface area contributed by atoms with E-state index in [9.17, 15) is 0 Å². The Bertz CT molecular complexity index is 528. The van der Waals surface area contributed by atoms with Crippen molar-refractivity contribution in [3.8, 4) is 0 Å². The van der Waals surface area contributed by atoms with E-state index in [4.69, 9.17) is 17.3 Å². The molecule has 1 aromatic carbocycles. The fraction of sp³-hybridized carbons (Fsp3) is 0.267. The third-order valence-electron chi connectivity index (χ3n) is 3.01. The number of hydrogen-bond acceptors (Lipinski definition) is 3. The molecule has 0 radical (unpaired) electrons. The zero-order valence-electron chi connectivity index (χ0n) is 11.0. The van der Waals surface area contributed by atoms with Crippen LogP contribution < -0.4 is 10.6 Å². The van der Waals surface area contributed by atoms with E-state index < -0.39 is 0 Å². The van der Waals surface area contributed by atoms with Gasteiger partial charge in [-0.1, -0.05) is 23.7 Å². The summed E-state index contributed by atoms with van der Waals surface area (Å²) in [5, 5.41) is 0.744. The first-order valence-corrected chi connectivity index (χ1v) is 6.67. The molecule has 0 saturated heterocycles. The molecule has 0 unspecified atom stereocenters. The van der Waals surface area contributed by atoms with Gasteiger partial charge in [-0.25, -0.2) is 0 Å². The maximum absolute atomic E-state index is 6.09. The van der Waals surface area contributed by atoms with Crippen molar-refractivity contribution in [3.05, 3.63) is 58.9 Å². The molecule has 1 aromatic heterocycles. The Hall–Kier alpha value is -1.58. The van der Waals surface area contributed by atoms with Crippen molar-refractivity contribution >= 4 is 17.3 Å². The van der Waals surface area contributed by atoms with Gasteiger partial charge in [0.25, 0.3) is 0 Å². The molecule has 0 aliphatic carbocycles. The largest absolute Gasteiger partial charge is 0.370 e. The van der Waals surface area contributed by atoms with Crippen molar-refractivity contribution in [2.24, 2.45) is 5.73 Å². The number of pyridine rings is 1. The van der Waals surface area contributed by atoms with Gasteiger partial charge in [0.2, 0.25) is 0 Å². The molecule has 0 spiro atoms. The SMILES string of the molecule is CN(Cc1cccnc1)c1cc(Cl)ccc1CCN. The number of nitrogens with zero attached hydrogens (tertiary/aromatic N) is 2. The van der Waals surface area contributed by atoms with Crippen LogP contribution >= 0.6 is 11.6 Å². The van der Waals surface area contributed by atoms with Gasteiger partial charge in [-0.3, -0.25) is 4.98 Å².